The molecule has 0 unspecified atom stereocenters. The molecule has 9 nitrogen and oxygen atoms in total. The predicted octanol–water partition coefficient (Wildman–Crippen LogP) is 5.81. The van der Waals surface area contributed by atoms with Crippen molar-refractivity contribution < 1.29 is 27.9 Å². The van der Waals surface area contributed by atoms with E-state index in [4.69, 9.17) is 10.7 Å². The number of aliphatic carboxylic acids is 1. The van der Waals surface area contributed by atoms with Crippen LogP contribution in [0.3, 0.4) is 0 Å². The number of fused-ring (bicyclic) bond motifs is 1. The van der Waals surface area contributed by atoms with Gasteiger partial charge < -0.3 is 16.2 Å². The second kappa shape index (κ2) is 9.86. The first-order valence-corrected chi connectivity index (χ1v) is 13.1. The smallest absolute Gasteiger partial charge is 0.416 e. The summed E-state index contributed by atoms with van der Waals surface area (Å²) in [6.07, 6.45) is 1.30. The van der Waals surface area contributed by atoms with Crippen molar-refractivity contribution >= 4 is 29.0 Å². The third-order valence-electron chi connectivity index (χ3n) is 8.23. The number of carboxylic acid groups (broad SMARTS) is 1. The van der Waals surface area contributed by atoms with Crippen LogP contribution in [-0.2, 0) is 16.4 Å². The molecule has 12 heteroatoms. The van der Waals surface area contributed by atoms with Crippen LogP contribution in [0.4, 0.5) is 24.8 Å². The van der Waals surface area contributed by atoms with Gasteiger partial charge in [-0.15, -0.1) is 0 Å². The first kappa shape index (κ1) is 28.1. The second-order valence-corrected chi connectivity index (χ2v) is 11.1. The number of carbonyl (C=O) groups is 2. The number of aromatic nitrogens is 4. The summed E-state index contributed by atoms with van der Waals surface area (Å²) in [6.45, 7) is 5.87. The molecule has 0 spiro atoms. The standard InChI is InChI=1S/C29H29F3N6O3/c1-16(2)28(26(40)41)10-9-27(3,15-28)25-37-21(22-23(33)35-12-13-38(22)25)17-4-6-18(7-5-17)24(39)36-20-14-19(8-11-34-20)29(30,31)32/h4-8,11-14,16H,9-10,15H2,1-3H3,(H2,33,35)(H,40,41)(H,34,36,39)/t27-,28-/m1/s1. The number of hydrogen-bond acceptors (Lipinski definition) is 6. The quantitative estimate of drug-likeness (QED) is 0.268. The maximum Gasteiger partial charge on any atom is 0.416 e. The van der Waals surface area contributed by atoms with Crippen LogP contribution in [0, 0.1) is 11.3 Å². The first-order chi connectivity index (χ1) is 19.2. The SMILES string of the molecule is CC(C)[C@@]1(C(=O)O)CC[C@@](C)(c2nc(-c3ccc(C(=O)Nc4cc(C(F)(F)F)ccn4)cc3)c3c(N)nccn23)C1. The molecular weight excluding hydrogens is 537 g/mol. The Labute approximate surface area is 233 Å². The summed E-state index contributed by atoms with van der Waals surface area (Å²) in [6, 6.07) is 7.98. The number of benzene rings is 1. The van der Waals surface area contributed by atoms with E-state index in [0.717, 1.165) is 18.3 Å². The van der Waals surface area contributed by atoms with Gasteiger partial charge in [0.1, 0.15) is 28.7 Å². The molecule has 1 aliphatic rings. The summed E-state index contributed by atoms with van der Waals surface area (Å²) in [5.74, 6) is -0.804. The van der Waals surface area contributed by atoms with Gasteiger partial charge in [0.25, 0.3) is 5.91 Å². The zero-order chi connectivity index (χ0) is 29.7. The van der Waals surface area contributed by atoms with Crippen LogP contribution in [0.15, 0.2) is 55.0 Å². The van der Waals surface area contributed by atoms with E-state index in [1.54, 1.807) is 24.5 Å². The lowest BCUT2D eigenvalue weighted by Gasteiger charge is -2.31. The van der Waals surface area contributed by atoms with Crippen LogP contribution >= 0.6 is 0 Å². The Balaban J connectivity index is 1.48. The molecule has 0 saturated heterocycles. The topological polar surface area (TPSA) is 135 Å². The van der Waals surface area contributed by atoms with Crippen molar-refractivity contribution in [2.24, 2.45) is 11.3 Å². The molecule has 214 valence electrons. The molecule has 1 saturated carbocycles. The molecule has 1 fully saturated rings. The minimum atomic E-state index is -4.56. The fourth-order valence-electron chi connectivity index (χ4n) is 5.82. The van der Waals surface area contributed by atoms with E-state index in [1.807, 2.05) is 25.2 Å². The highest BCUT2D eigenvalue weighted by Crippen LogP contribution is 2.54. The number of alkyl halides is 3. The van der Waals surface area contributed by atoms with Gasteiger partial charge in [-0.25, -0.2) is 15.0 Å². The number of pyridine rings is 1. The number of nitrogens with zero attached hydrogens (tertiary/aromatic N) is 4. The van der Waals surface area contributed by atoms with E-state index in [9.17, 15) is 27.9 Å². The number of nitrogens with one attached hydrogen (secondary N) is 1. The highest BCUT2D eigenvalue weighted by molar-refractivity contribution is 6.04. The first-order valence-electron chi connectivity index (χ1n) is 13.1. The van der Waals surface area contributed by atoms with E-state index >= 15 is 0 Å². The van der Waals surface area contributed by atoms with Crippen LogP contribution in [-0.4, -0.2) is 36.3 Å². The third-order valence-corrected chi connectivity index (χ3v) is 8.23. The van der Waals surface area contributed by atoms with Crippen molar-refractivity contribution in [3.8, 4) is 11.3 Å². The molecule has 1 aliphatic carbocycles. The third kappa shape index (κ3) is 4.87. The Morgan fingerprint density at radius 1 is 1.10 bits per heavy atom. The number of rotatable bonds is 6. The molecule has 41 heavy (non-hydrogen) atoms. The summed E-state index contributed by atoms with van der Waals surface area (Å²) in [5.41, 5.74) is 5.87. The molecule has 1 amide bonds. The number of carbonyl (C=O) groups excluding carboxylic acids is 1. The molecule has 0 bridgehead atoms. The molecule has 2 atom stereocenters. The summed E-state index contributed by atoms with van der Waals surface area (Å²) >= 11 is 0. The Kier molecular flexibility index (Phi) is 6.75. The molecule has 3 aromatic heterocycles. The van der Waals surface area contributed by atoms with Gasteiger partial charge in [0.2, 0.25) is 0 Å². The molecule has 0 radical (unpaired) electrons. The maximum atomic E-state index is 13.0. The van der Waals surface area contributed by atoms with E-state index in [2.05, 4.69) is 15.3 Å². The van der Waals surface area contributed by atoms with Gasteiger partial charge in [0.05, 0.1) is 11.0 Å². The van der Waals surface area contributed by atoms with E-state index < -0.39 is 34.4 Å². The second-order valence-electron chi connectivity index (χ2n) is 11.1. The fourth-order valence-corrected chi connectivity index (χ4v) is 5.82. The fraction of sp³-hybridized carbons (Fsp3) is 0.345. The number of nitrogens with two attached hydrogens (primary N) is 1. The minimum Gasteiger partial charge on any atom is -0.481 e. The van der Waals surface area contributed by atoms with Crippen molar-refractivity contribution in [3.63, 3.8) is 0 Å². The number of imidazole rings is 1. The van der Waals surface area contributed by atoms with Crippen molar-refractivity contribution in [1.29, 1.82) is 0 Å². The zero-order valence-corrected chi connectivity index (χ0v) is 22.7. The zero-order valence-electron chi connectivity index (χ0n) is 22.7. The summed E-state index contributed by atoms with van der Waals surface area (Å²) < 4.78 is 40.9. The van der Waals surface area contributed by atoms with Gasteiger partial charge in [0.15, 0.2) is 0 Å². The Morgan fingerprint density at radius 3 is 2.41 bits per heavy atom. The molecule has 0 aliphatic heterocycles. The maximum absolute atomic E-state index is 13.0. The van der Waals surface area contributed by atoms with E-state index in [-0.39, 0.29) is 23.1 Å². The summed E-state index contributed by atoms with van der Waals surface area (Å²) in [5, 5.41) is 12.5. The molecule has 4 aromatic rings. The number of amides is 1. The number of hydrogen-bond donors (Lipinski definition) is 3. The van der Waals surface area contributed by atoms with Crippen LogP contribution in [0.2, 0.25) is 0 Å². The van der Waals surface area contributed by atoms with Crippen molar-refractivity contribution in [2.45, 2.75) is 51.6 Å². The lowest BCUT2D eigenvalue weighted by Crippen LogP contribution is -2.36. The summed E-state index contributed by atoms with van der Waals surface area (Å²) in [7, 11) is 0. The van der Waals surface area contributed by atoms with Gasteiger partial charge in [-0.3, -0.25) is 14.0 Å². The van der Waals surface area contributed by atoms with Crippen LogP contribution < -0.4 is 11.1 Å². The van der Waals surface area contributed by atoms with Gasteiger partial charge in [-0.2, -0.15) is 13.2 Å². The molecule has 4 N–H and O–H groups in total. The number of anilines is 2. The summed E-state index contributed by atoms with van der Waals surface area (Å²) in [4.78, 5) is 38.1. The highest BCUT2D eigenvalue weighted by Gasteiger charge is 2.54. The van der Waals surface area contributed by atoms with Gasteiger partial charge >= 0.3 is 12.1 Å². The number of carboxylic acids is 1. The van der Waals surface area contributed by atoms with E-state index in [0.29, 0.717) is 41.9 Å². The molecular formula is C29H29F3N6O3. The normalized spacial score (nSPS) is 21.0. The van der Waals surface area contributed by atoms with E-state index in [1.165, 1.54) is 12.1 Å². The molecule has 3 heterocycles. The minimum absolute atomic E-state index is 0.0657. The molecule has 1 aromatic carbocycles. The lowest BCUT2D eigenvalue weighted by molar-refractivity contribution is -0.151. The van der Waals surface area contributed by atoms with Crippen molar-refractivity contribution in [2.75, 3.05) is 11.1 Å². The average molecular weight is 567 g/mol. The van der Waals surface area contributed by atoms with Crippen LogP contribution in [0.5, 0.6) is 0 Å². The van der Waals surface area contributed by atoms with Crippen molar-refractivity contribution in [3.05, 3.63) is 71.9 Å². The van der Waals surface area contributed by atoms with Crippen molar-refractivity contribution in [1.82, 2.24) is 19.4 Å². The number of halogens is 3. The molecule has 5 rings (SSSR count). The monoisotopic (exact) mass is 566 g/mol. The largest absolute Gasteiger partial charge is 0.481 e. The Bertz CT molecular complexity index is 1650. The van der Waals surface area contributed by atoms with Crippen LogP contribution in [0.1, 0.15) is 61.8 Å². The Morgan fingerprint density at radius 2 is 1.80 bits per heavy atom. The lowest BCUT2D eigenvalue weighted by atomic mass is 9.73. The predicted molar refractivity (Wildman–Crippen MR) is 146 cm³/mol. The average Bonchev–Trinajstić information content (AvgIpc) is 3.50. The van der Waals surface area contributed by atoms with Gasteiger partial charge in [0, 0.05) is 35.1 Å². The van der Waals surface area contributed by atoms with Gasteiger partial charge in [-0.1, -0.05) is 32.9 Å². The Hall–Kier alpha value is -4.48. The van der Waals surface area contributed by atoms with Crippen LogP contribution in [0.25, 0.3) is 16.8 Å². The van der Waals surface area contributed by atoms with Gasteiger partial charge in [-0.05, 0) is 49.4 Å². The number of nitrogen functional groups attached to an aromatic ring is 1. The highest BCUT2D eigenvalue weighted by atomic mass is 19.4.